The van der Waals surface area contributed by atoms with E-state index in [9.17, 15) is 4.79 Å². The van der Waals surface area contributed by atoms with Gasteiger partial charge in [0.25, 0.3) is 0 Å². The van der Waals surface area contributed by atoms with Gasteiger partial charge in [0.05, 0.1) is 12.0 Å². The van der Waals surface area contributed by atoms with Crippen molar-refractivity contribution in [2.75, 3.05) is 13.1 Å². The van der Waals surface area contributed by atoms with Gasteiger partial charge in [0.15, 0.2) is 5.82 Å². The van der Waals surface area contributed by atoms with Crippen molar-refractivity contribution in [3.8, 4) is 0 Å². The van der Waals surface area contributed by atoms with Crippen LogP contribution in [0.25, 0.3) is 0 Å². The second-order valence-electron chi connectivity index (χ2n) is 5.71. The molecule has 20 heavy (non-hydrogen) atoms. The molecule has 0 aliphatic carbocycles. The van der Waals surface area contributed by atoms with E-state index in [1.165, 1.54) is 0 Å². The van der Waals surface area contributed by atoms with Gasteiger partial charge in [0.1, 0.15) is 5.82 Å². The van der Waals surface area contributed by atoms with Gasteiger partial charge in [-0.15, -0.1) is 0 Å². The van der Waals surface area contributed by atoms with Gasteiger partial charge in [-0.2, -0.15) is 5.10 Å². The van der Waals surface area contributed by atoms with E-state index in [2.05, 4.69) is 27.6 Å². The van der Waals surface area contributed by atoms with Gasteiger partial charge < -0.3 is 10.6 Å². The molecule has 2 aliphatic rings. The van der Waals surface area contributed by atoms with Crippen LogP contribution in [0.4, 0.5) is 0 Å². The fraction of sp³-hybridized carbons (Fsp3) is 0.786. The third kappa shape index (κ3) is 2.70. The van der Waals surface area contributed by atoms with Crippen molar-refractivity contribution < 1.29 is 4.79 Å². The van der Waals surface area contributed by atoms with Crippen molar-refractivity contribution >= 4 is 5.91 Å². The van der Waals surface area contributed by atoms with Crippen molar-refractivity contribution in [3.05, 3.63) is 11.6 Å². The van der Waals surface area contributed by atoms with Gasteiger partial charge in [-0.3, -0.25) is 4.79 Å². The maximum atomic E-state index is 12.3. The minimum absolute atomic E-state index is 0.0333. The number of piperidine rings is 1. The van der Waals surface area contributed by atoms with E-state index < -0.39 is 0 Å². The van der Waals surface area contributed by atoms with Gasteiger partial charge in [0.2, 0.25) is 5.91 Å². The molecule has 1 amide bonds. The third-order valence-electron chi connectivity index (χ3n) is 4.22. The molecule has 6 heteroatoms. The lowest BCUT2D eigenvalue weighted by molar-refractivity contribution is -0.126. The molecule has 110 valence electrons. The first-order valence-corrected chi connectivity index (χ1v) is 7.72. The topological polar surface area (TPSA) is 71.8 Å². The van der Waals surface area contributed by atoms with Crippen molar-refractivity contribution in [1.29, 1.82) is 0 Å². The van der Waals surface area contributed by atoms with Crippen LogP contribution in [-0.2, 0) is 17.8 Å². The zero-order valence-electron chi connectivity index (χ0n) is 12.1. The molecule has 0 spiro atoms. The van der Waals surface area contributed by atoms with E-state index in [-0.39, 0.29) is 17.9 Å². The summed E-state index contributed by atoms with van der Waals surface area (Å²) in [7, 11) is 0. The predicted octanol–water partition coefficient (Wildman–Crippen LogP) is 0.791. The van der Waals surface area contributed by atoms with Crippen LogP contribution in [0.15, 0.2) is 0 Å². The lowest BCUT2D eigenvalue weighted by atomic mass is 9.97. The molecule has 2 atom stereocenters. The highest BCUT2D eigenvalue weighted by Crippen LogP contribution is 2.24. The van der Waals surface area contributed by atoms with Crippen molar-refractivity contribution in [2.24, 2.45) is 5.92 Å². The highest BCUT2D eigenvalue weighted by molar-refractivity contribution is 5.79. The number of carbonyl (C=O) groups excluding carboxylic acids is 1. The Bertz CT molecular complexity index is 478. The largest absolute Gasteiger partial charge is 0.346 e. The minimum atomic E-state index is 0.0333. The zero-order valence-corrected chi connectivity index (χ0v) is 12.1. The molecular formula is C14H23N5O. The average molecular weight is 277 g/mol. The predicted molar refractivity (Wildman–Crippen MR) is 75.1 cm³/mol. The Morgan fingerprint density at radius 3 is 3.10 bits per heavy atom. The summed E-state index contributed by atoms with van der Waals surface area (Å²) in [6.45, 7) is 4.80. The Labute approximate surface area is 119 Å². The first-order chi connectivity index (χ1) is 9.78. The minimum Gasteiger partial charge on any atom is -0.346 e. The average Bonchev–Trinajstić information content (AvgIpc) is 2.92. The highest BCUT2D eigenvalue weighted by atomic mass is 16.2. The monoisotopic (exact) mass is 277 g/mol. The van der Waals surface area contributed by atoms with Crippen molar-refractivity contribution in [3.63, 3.8) is 0 Å². The molecule has 0 radical (unpaired) electrons. The number of aromatic nitrogens is 3. The van der Waals surface area contributed by atoms with Gasteiger partial charge >= 0.3 is 0 Å². The Kier molecular flexibility index (Phi) is 4.00. The van der Waals surface area contributed by atoms with Gasteiger partial charge in [-0.1, -0.05) is 6.92 Å². The molecule has 0 aromatic carbocycles. The SMILES string of the molecule is CCc1nc2n(n1)CCCC2NC(=O)C1CCCNC1. The van der Waals surface area contributed by atoms with Crippen LogP contribution in [0.2, 0.25) is 0 Å². The van der Waals surface area contributed by atoms with Crippen LogP contribution in [0.5, 0.6) is 0 Å². The Balaban J connectivity index is 1.69. The number of nitrogens with one attached hydrogen (secondary N) is 2. The molecule has 1 aromatic heterocycles. The highest BCUT2D eigenvalue weighted by Gasteiger charge is 2.28. The number of amides is 1. The number of aryl methyl sites for hydroxylation is 2. The molecule has 1 saturated heterocycles. The zero-order chi connectivity index (χ0) is 13.9. The fourth-order valence-corrected chi connectivity index (χ4v) is 3.05. The van der Waals surface area contributed by atoms with Gasteiger partial charge in [-0.05, 0) is 32.2 Å². The Morgan fingerprint density at radius 2 is 2.35 bits per heavy atom. The molecule has 2 N–H and O–H groups in total. The Hall–Kier alpha value is -1.43. The molecule has 3 rings (SSSR count). The standard InChI is InChI=1S/C14H23N5O/c1-2-12-17-13-11(6-4-8-19(13)18-12)16-14(20)10-5-3-7-15-9-10/h10-11,15H,2-9H2,1H3,(H,16,20). The van der Waals surface area contributed by atoms with Crippen LogP contribution in [0.1, 0.15) is 50.3 Å². The van der Waals surface area contributed by atoms with Crippen LogP contribution in [-0.4, -0.2) is 33.8 Å². The third-order valence-corrected chi connectivity index (χ3v) is 4.22. The van der Waals surface area contributed by atoms with E-state index in [1.54, 1.807) is 0 Å². The number of hydrogen-bond acceptors (Lipinski definition) is 4. The van der Waals surface area contributed by atoms with E-state index in [0.717, 1.165) is 63.4 Å². The van der Waals surface area contributed by atoms with E-state index >= 15 is 0 Å². The van der Waals surface area contributed by atoms with Crippen LogP contribution >= 0.6 is 0 Å². The van der Waals surface area contributed by atoms with Crippen molar-refractivity contribution in [2.45, 2.75) is 51.6 Å². The second-order valence-corrected chi connectivity index (χ2v) is 5.71. The number of rotatable bonds is 3. The van der Waals surface area contributed by atoms with E-state index in [1.807, 2.05) is 4.68 Å². The molecular weight excluding hydrogens is 254 g/mol. The quantitative estimate of drug-likeness (QED) is 0.857. The number of fused-ring (bicyclic) bond motifs is 1. The van der Waals surface area contributed by atoms with Crippen LogP contribution < -0.4 is 10.6 Å². The summed E-state index contributed by atoms with van der Waals surface area (Å²) in [6.07, 6.45) is 4.92. The molecule has 2 unspecified atom stereocenters. The number of carbonyl (C=O) groups is 1. The summed E-state index contributed by atoms with van der Waals surface area (Å²) < 4.78 is 1.96. The van der Waals surface area contributed by atoms with Crippen LogP contribution in [0, 0.1) is 5.92 Å². The van der Waals surface area contributed by atoms with Gasteiger partial charge in [-0.25, -0.2) is 9.67 Å². The molecule has 0 bridgehead atoms. The lowest BCUT2D eigenvalue weighted by Crippen LogP contribution is -2.43. The second kappa shape index (κ2) is 5.91. The summed E-state index contributed by atoms with van der Waals surface area (Å²) >= 11 is 0. The van der Waals surface area contributed by atoms with Gasteiger partial charge in [0, 0.05) is 19.5 Å². The number of nitrogens with zero attached hydrogens (tertiary/aromatic N) is 3. The molecule has 1 aromatic rings. The summed E-state index contributed by atoms with van der Waals surface area (Å²) in [5, 5.41) is 11.0. The van der Waals surface area contributed by atoms with Crippen molar-refractivity contribution in [1.82, 2.24) is 25.4 Å². The molecule has 1 fully saturated rings. The Morgan fingerprint density at radius 1 is 1.45 bits per heavy atom. The van der Waals surface area contributed by atoms with E-state index in [4.69, 9.17) is 0 Å². The first kappa shape index (κ1) is 13.5. The van der Waals surface area contributed by atoms with E-state index in [0.29, 0.717) is 0 Å². The lowest BCUT2D eigenvalue weighted by Gasteiger charge is -2.27. The fourth-order valence-electron chi connectivity index (χ4n) is 3.05. The number of hydrogen-bond donors (Lipinski definition) is 2. The molecule has 6 nitrogen and oxygen atoms in total. The first-order valence-electron chi connectivity index (χ1n) is 7.72. The maximum absolute atomic E-state index is 12.3. The van der Waals surface area contributed by atoms with Crippen LogP contribution in [0.3, 0.4) is 0 Å². The maximum Gasteiger partial charge on any atom is 0.224 e. The molecule has 0 saturated carbocycles. The smallest absolute Gasteiger partial charge is 0.224 e. The summed E-state index contributed by atoms with van der Waals surface area (Å²) in [6, 6.07) is 0.0333. The summed E-state index contributed by atoms with van der Waals surface area (Å²) in [4.78, 5) is 16.9. The molecule has 3 heterocycles. The summed E-state index contributed by atoms with van der Waals surface area (Å²) in [5.41, 5.74) is 0. The molecule has 2 aliphatic heterocycles. The summed E-state index contributed by atoms with van der Waals surface area (Å²) in [5.74, 6) is 2.08. The normalized spacial score (nSPS) is 26.1.